The third-order valence-electron chi connectivity index (χ3n) is 5.64. The quantitative estimate of drug-likeness (QED) is 0.307. The van der Waals surface area contributed by atoms with Crippen LogP contribution in [0.3, 0.4) is 0 Å². The second kappa shape index (κ2) is 12.4. The van der Waals surface area contributed by atoms with E-state index in [0.29, 0.717) is 18.8 Å². The molecule has 0 aliphatic heterocycles. The lowest BCUT2D eigenvalue weighted by Crippen LogP contribution is -2.56. The molecule has 0 unspecified atom stereocenters. The third-order valence-corrected chi connectivity index (χ3v) is 6.37. The van der Waals surface area contributed by atoms with Crippen molar-refractivity contribution in [2.75, 3.05) is 0 Å². The molecule has 1 aromatic heterocycles. The molecule has 9 nitrogen and oxygen atoms in total. The van der Waals surface area contributed by atoms with E-state index in [-0.39, 0.29) is 12.8 Å². The predicted molar refractivity (Wildman–Crippen MR) is 119 cm³/mol. The van der Waals surface area contributed by atoms with Gasteiger partial charge in [0.2, 0.25) is 23.6 Å². The summed E-state index contributed by atoms with van der Waals surface area (Å²) in [6.45, 7) is 0. The average molecular weight is 452 g/mol. The summed E-state index contributed by atoms with van der Waals surface area (Å²) in [6.07, 6.45) is 6.09. The SMILES string of the molecule is NC(=O)CC[C@H](NC(=O)[C@H](CC1CCCCC1)NC(=O)[C@@H](N)Cc1ccsc1)C(N)=O. The summed E-state index contributed by atoms with van der Waals surface area (Å²) in [4.78, 5) is 48.4. The Hall–Kier alpha value is -2.46. The highest BCUT2D eigenvalue weighted by molar-refractivity contribution is 7.07. The highest BCUT2D eigenvalue weighted by Crippen LogP contribution is 2.27. The predicted octanol–water partition coefficient (Wildman–Crippen LogP) is 0.309. The van der Waals surface area contributed by atoms with Crippen molar-refractivity contribution in [1.82, 2.24) is 10.6 Å². The summed E-state index contributed by atoms with van der Waals surface area (Å²) in [5, 5.41) is 9.18. The van der Waals surface area contributed by atoms with E-state index in [1.165, 1.54) is 17.8 Å². The molecular weight excluding hydrogens is 418 g/mol. The van der Waals surface area contributed by atoms with Gasteiger partial charge in [-0.05, 0) is 47.6 Å². The smallest absolute Gasteiger partial charge is 0.243 e. The van der Waals surface area contributed by atoms with Crippen LogP contribution in [0.15, 0.2) is 16.8 Å². The van der Waals surface area contributed by atoms with Gasteiger partial charge in [-0.1, -0.05) is 32.1 Å². The first kappa shape index (κ1) is 24.8. The maximum Gasteiger partial charge on any atom is 0.243 e. The van der Waals surface area contributed by atoms with Crippen LogP contribution >= 0.6 is 11.3 Å². The van der Waals surface area contributed by atoms with Gasteiger partial charge in [0, 0.05) is 6.42 Å². The molecule has 2 rings (SSSR count). The van der Waals surface area contributed by atoms with Gasteiger partial charge in [-0.25, -0.2) is 0 Å². The molecule has 0 radical (unpaired) electrons. The van der Waals surface area contributed by atoms with Crippen molar-refractivity contribution in [3.05, 3.63) is 22.4 Å². The monoisotopic (exact) mass is 451 g/mol. The van der Waals surface area contributed by atoms with Gasteiger partial charge >= 0.3 is 0 Å². The van der Waals surface area contributed by atoms with Crippen LogP contribution in [-0.4, -0.2) is 41.8 Å². The van der Waals surface area contributed by atoms with E-state index in [0.717, 1.165) is 31.2 Å². The fraction of sp³-hybridized carbons (Fsp3) is 0.619. The topological polar surface area (TPSA) is 170 Å². The van der Waals surface area contributed by atoms with Crippen molar-refractivity contribution in [3.8, 4) is 0 Å². The first-order valence-electron chi connectivity index (χ1n) is 10.7. The molecule has 1 aliphatic rings. The minimum absolute atomic E-state index is 0.0121. The summed E-state index contributed by atoms with van der Waals surface area (Å²) in [6, 6.07) is -0.761. The van der Waals surface area contributed by atoms with Crippen LogP contribution in [0, 0.1) is 5.92 Å². The Morgan fingerprint density at radius 2 is 1.71 bits per heavy atom. The van der Waals surface area contributed by atoms with Gasteiger partial charge in [0.05, 0.1) is 6.04 Å². The van der Waals surface area contributed by atoms with E-state index in [1.54, 1.807) is 0 Å². The Balaban J connectivity index is 2.04. The zero-order valence-electron chi connectivity index (χ0n) is 17.7. The molecule has 172 valence electrons. The largest absolute Gasteiger partial charge is 0.370 e. The Labute approximate surface area is 186 Å². The number of carbonyl (C=O) groups is 4. The number of nitrogens with two attached hydrogens (primary N) is 3. The van der Waals surface area contributed by atoms with Crippen molar-refractivity contribution in [2.24, 2.45) is 23.1 Å². The molecule has 1 aromatic rings. The molecule has 10 heteroatoms. The van der Waals surface area contributed by atoms with Gasteiger partial charge in [-0.15, -0.1) is 0 Å². The number of rotatable bonds is 12. The summed E-state index contributed by atoms with van der Waals surface area (Å²) in [7, 11) is 0. The fourth-order valence-electron chi connectivity index (χ4n) is 3.87. The maximum atomic E-state index is 13.0. The summed E-state index contributed by atoms with van der Waals surface area (Å²) < 4.78 is 0. The van der Waals surface area contributed by atoms with Gasteiger partial charge in [0.15, 0.2) is 0 Å². The number of carbonyl (C=O) groups excluding carboxylic acids is 4. The first-order chi connectivity index (χ1) is 14.8. The van der Waals surface area contributed by atoms with E-state index in [1.807, 2.05) is 16.8 Å². The van der Waals surface area contributed by atoms with Gasteiger partial charge in [0.1, 0.15) is 12.1 Å². The maximum absolute atomic E-state index is 13.0. The van der Waals surface area contributed by atoms with E-state index in [2.05, 4.69) is 10.6 Å². The van der Waals surface area contributed by atoms with Crippen LogP contribution in [0.5, 0.6) is 0 Å². The first-order valence-corrected chi connectivity index (χ1v) is 11.7. The molecule has 3 atom stereocenters. The molecule has 1 aliphatic carbocycles. The van der Waals surface area contributed by atoms with E-state index in [9.17, 15) is 19.2 Å². The standard InChI is InChI=1S/C21H33N5O4S/c22-15(10-14-8-9-31-12-14)20(29)26-17(11-13-4-2-1-3-5-13)21(30)25-16(19(24)28)6-7-18(23)27/h8-9,12-13,15-17H,1-7,10-11,22H2,(H2,23,27)(H2,24,28)(H,25,30)(H,26,29)/t15-,16-,17-/m0/s1. The summed E-state index contributed by atoms with van der Waals surface area (Å²) >= 11 is 1.52. The van der Waals surface area contributed by atoms with Crippen molar-refractivity contribution < 1.29 is 19.2 Å². The molecule has 1 saturated carbocycles. The minimum Gasteiger partial charge on any atom is -0.370 e. The van der Waals surface area contributed by atoms with Crippen molar-refractivity contribution in [1.29, 1.82) is 0 Å². The van der Waals surface area contributed by atoms with Crippen molar-refractivity contribution in [3.63, 3.8) is 0 Å². The van der Waals surface area contributed by atoms with Crippen LogP contribution in [0.4, 0.5) is 0 Å². The molecule has 0 spiro atoms. The van der Waals surface area contributed by atoms with Crippen molar-refractivity contribution in [2.45, 2.75) is 75.9 Å². The molecule has 0 bridgehead atoms. The van der Waals surface area contributed by atoms with Gasteiger partial charge < -0.3 is 27.8 Å². The Morgan fingerprint density at radius 1 is 1.03 bits per heavy atom. The van der Waals surface area contributed by atoms with Crippen molar-refractivity contribution >= 4 is 35.0 Å². The molecule has 0 aromatic carbocycles. The van der Waals surface area contributed by atoms with Crippen LogP contribution in [0.2, 0.25) is 0 Å². The molecular formula is C21H33N5O4S. The van der Waals surface area contributed by atoms with Crippen LogP contribution in [0.25, 0.3) is 0 Å². The highest BCUT2D eigenvalue weighted by Gasteiger charge is 2.30. The lowest BCUT2D eigenvalue weighted by Gasteiger charge is -2.28. The second-order valence-corrected chi connectivity index (χ2v) is 8.99. The third kappa shape index (κ3) is 8.66. The molecule has 31 heavy (non-hydrogen) atoms. The number of primary amides is 2. The second-order valence-electron chi connectivity index (χ2n) is 8.21. The summed E-state index contributed by atoms with van der Waals surface area (Å²) in [5.41, 5.74) is 17.5. The highest BCUT2D eigenvalue weighted by atomic mass is 32.1. The zero-order valence-corrected chi connectivity index (χ0v) is 18.5. The molecule has 4 amide bonds. The zero-order chi connectivity index (χ0) is 22.8. The van der Waals surface area contributed by atoms with Crippen LogP contribution < -0.4 is 27.8 Å². The number of nitrogens with one attached hydrogen (secondary N) is 2. The molecule has 1 heterocycles. The van der Waals surface area contributed by atoms with Gasteiger partial charge in [-0.3, -0.25) is 19.2 Å². The lowest BCUT2D eigenvalue weighted by molar-refractivity contribution is -0.132. The average Bonchev–Trinajstić information content (AvgIpc) is 3.23. The van der Waals surface area contributed by atoms with Crippen LogP contribution in [0.1, 0.15) is 56.9 Å². The van der Waals surface area contributed by atoms with E-state index < -0.39 is 41.8 Å². The van der Waals surface area contributed by atoms with E-state index in [4.69, 9.17) is 17.2 Å². The normalized spacial score (nSPS) is 17.3. The molecule has 1 fully saturated rings. The van der Waals surface area contributed by atoms with E-state index >= 15 is 0 Å². The number of thiophene rings is 1. The Kier molecular flexibility index (Phi) is 9.93. The molecule has 8 N–H and O–H groups in total. The number of hydrogen-bond acceptors (Lipinski definition) is 6. The number of hydrogen-bond donors (Lipinski definition) is 5. The van der Waals surface area contributed by atoms with Gasteiger partial charge in [0.25, 0.3) is 0 Å². The van der Waals surface area contributed by atoms with Crippen LogP contribution in [-0.2, 0) is 25.6 Å². The Bertz CT molecular complexity index is 749. The number of amides is 4. The lowest BCUT2D eigenvalue weighted by atomic mass is 9.84. The molecule has 0 saturated heterocycles. The minimum atomic E-state index is -1.04. The van der Waals surface area contributed by atoms with Gasteiger partial charge in [-0.2, -0.15) is 11.3 Å². The Morgan fingerprint density at radius 3 is 2.29 bits per heavy atom. The summed E-state index contributed by atoms with van der Waals surface area (Å²) in [5.74, 6) is -1.97. The fourth-order valence-corrected chi connectivity index (χ4v) is 4.55.